The van der Waals surface area contributed by atoms with E-state index in [0.29, 0.717) is 16.5 Å². The van der Waals surface area contributed by atoms with Crippen LogP contribution in [0.3, 0.4) is 0 Å². The van der Waals surface area contributed by atoms with Crippen LogP contribution in [0.1, 0.15) is 49.9 Å². The maximum Gasteiger partial charge on any atom is 0.303 e. The zero-order chi connectivity index (χ0) is 27.8. The number of ether oxygens (including phenoxy) is 1. The number of halogens is 4. The molecule has 0 bridgehead atoms. The number of benzene rings is 3. The smallest absolute Gasteiger partial charge is 0.303 e. The third kappa shape index (κ3) is 8.43. The number of aliphatic carboxylic acids is 1. The van der Waals surface area contributed by atoms with Crippen LogP contribution < -0.4 is 10.1 Å². The molecule has 0 unspecified atom stereocenters. The highest BCUT2D eigenvalue weighted by molar-refractivity contribution is 6.36. The summed E-state index contributed by atoms with van der Waals surface area (Å²) in [5, 5.41) is 12.6. The Labute approximate surface area is 230 Å². The van der Waals surface area contributed by atoms with Gasteiger partial charge in [-0.05, 0) is 55.2 Å². The summed E-state index contributed by atoms with van der Waals surface area (Å²) in [5.74, 6) is -2.29. The summed E-state index contributed by atoms with van der Waals surface area (Å²) in [4.78, 5) is 22.9. The SMILES string of the molecule is CC(C)C[C@@H](COc1cc(F)c(-c2ccc(Cl)cc2Cl)c(F)c1)Nc1ccc(C(=O)CCCC(=O)O)cc1. The lowest BCUT2D eigenvalue weighted by atomic mass is 10.0. The summed E-state index contributed by atoms with van der Waals surface area (Å²) in [6.45, 7) is 4.25. The maximum absolute atomic E-state index is 14.9. The lowest BCUT2D eigenvalue weighted by Crippen LogP contribution is -2.28. The van der Waals surface area contributed by atoms with Crippen LogP contribution >= 0.6 is 23.2 Å². The first-order valence-electron chi connectivity index (χ1n) is 12.2. The number of anilines is 1. The van der Waals surface area contributed by atoms with Gasteiger partial charge in [-0.3, -0.25) is 9.59 Å². The molecular formula is C29H29Cl2F2NO4. The summed E-state index contributed by atoms with van der Waals surface area (Å²) < 4.78 is 35.6. The summed E-state index contributed by atoms with van der Waals surface area (Å²) in [5.41, 5.74) is 1.20. The van der Waals surface area contributed by atoms with Crippen LogP contribution in [0.2, 0.25) is 10.0 Å². The molecule has 3 aromatic rings. The molecule has 5 nitrogen and oxygen atoms in total. The quantitative estimate of drug-likeness (QED) is 0.204. The van der Waals surface area contributed by atoms with Crippen LogP contribution in [0.5, 0.6) is 5.75 Å². The molecule has 0 amide bonds. The van der Waals surface area contributed by atoms with Gasteiger partial charge in [-0.2, -0.15) is 0 Å². The van der Waals surface area contributed by atoms with E-state index in [-0.39, 0.29) is 59.6 Å². The van der Waals surface area contributed by atoms with Crippen molar-refractivity contribution in [3.8, 4) is 16.9 Å². The number of rotatable bonds is 13. The van der Waals surface area contributed by atoms with Gasteiger partial charge in [0.25, 0.3) is 0 Å². The van der Waals surface area contributed by atoms with E-state index in [2.05, 4.69) is 19.2 Å². The molecule has 3 rings (SSSR count). The van der Waals surface area contributed by atoms with Crippen molar-refractivity contribution in [1.82, 2.24) is 0 Å². The van der Waals surface area contributed by atoms with Gasteiger partial charge in [0.15, 0.2) is 5.78 Å². The number of hydrogen-bond acceptors (Lipinski definition) is 4. The monoisotopic (exact) mass is 563 g/mol. The van der Waals surface area contributed by atoms with Crippen LogP contribution in [0, 0.1) is 17.6 Å². The fraction of sp³-hybridized carbons (Fsp3) is 0.310. The molecule has 0 aliphatic carbocycles. The number of carbonyl (C=O) groups excluding carboxylic acids is 1. The Hall–Kier alpha value is -3.16. The molecule has 202 valence electrons. The highest BCUT2D eigenvalue weighted by atomic mass is 35.5. The summed E-state index contributed by atoms with van der Waals surface area (Å²) in [6, 6.07) is 13.4. The van der Waals surface area contributed by atoms with E-state index in [1.165, 1.54) is 18.2 Å². The first-order valence-corrected chi connectivity index (χ1v) is 13.0. The van der Waals surface area contributed by atoms with E-state index < -0.39 is 17.6 Å². The summed E-state index contributed by atoms with van der Waals surface area (Å²) in [6.07, 6.45) is 1.13. The minimum atomic E-state index is -0.928. The molecular weight excluding hydrogens is 535 g/mol. The van der Waals surface area contributed by atoms with Crippen molar-refractivity contribution in [3.63, 3.8) is 0 Å². The van der Waals surface area contributed by atoms with Gasteiger partial charge in [0.05, 0.1) is 16.6 Å². The van der Waals surface area contributed by atoms with Crippen LogP contribution in [0.15, 0.2) is 54.6 Å². The van der Waals surface area contributed by atoms with Crippen molar-refractivity contribution in [1.29, 1.82) is 0 Å². The molecule has 0 saturated carbocycles. The highest BCUT2D eigenvalue weighted by Gasteiger charge is 2.18. The fourth-order valence-electron chi connectivity index (χ4n) is 4.05. The van der Waals surface area contributed by atoms with E-state index in [4.69, 9.17) is 33.0 Å². The molecule has 38 heavy (non-hydrogen) atoms. The highest BCUT2D eigenvalue weighted by Crippen LogP contribution is 2.35. The van der Waals surface area contributed by atoms with E-state index in [1.54, 1.807) is 24.3 Å². The minimum Gasteiger partial charge on any atom is -0.491 e. The van der Waals surface area contributed by atoms with Crippen molar-refractivity contribution >= 4 is 40.6 Å². The van der Waals surface area contributed by atoms with Gasteiger partial charge in [-0.25, -0.2) is 8.78 Å². The standard InChI is InChI=1S/C29H29Cl2F2NO4/c1-17(2)12-21(34-20-9-6-18(7-10-20)27(35)4-3-5-28(36)37)16-38-22-14-25(32)29(26(33)15-22)23-11-8-19(30)13-24(23)31/h6-11,13-15,17,21,34H,3-5,12,16H2,1-2H3,(H,36,37)/t21-/m0/s1. The number of Topliss-reactive ketones (excluding diaryl/α,β-unsaturated/α-hetero) is 1. The lowest BCUT2D eigenvalue weighted by Gasteiger charge is -2.22. The van der Waals surface area contributed by atoms with E-state index in [0.717, 1.165) is 24.2 Å². The van der Waals surface area contributed by atoms with Gasteiger partial charge in [-0.1, -0.05) is 43.1 Å². The molecule has 9 heteroatoms. The number of ketones is 1. The number of carboxylic acid groups (broad SMARTS) is 1. The van der Waals surface area contributed by atoms with Gasteiger partial charge >= 0.3 is 5.97 Å². The second-order valence-electron chi connectivity index (χ2n) is 9.42. The predicted molar refractivity (Wildman–Crippen MR) is 146 cm³/mol. The summed E-state index contributed by atoms with van der Waals surface area (Å²) in [7, 11) is 0. The second-order valence-corrected chi connectivity index (χ2v) is 10.3. The topological polar surface area (TPSA) is 75.6 Å². The second kappa shape index (κ2) is 13.6. The molecule has 0 heterocycles. The van der Waals surface area contributed by atoms with Gasteiger partial charge in [0, 0.05) is 46.8 Å². The van der Waals surface area contributed by atoms with Crippen molar-refractivity contribution in [2.45, 2.75) is 45.6 Å². The molecule has 0 spiro atoms. The molecule has 0 saturated heterocycles. The Kier molecular flexibility index (Phi) is 10.5. The van der Waals surface area contributed by atoms with E-state index in [1.807, 2.05) is 0 Å². The molecule has 2 N–H and O–H groups in total. The third-order valence-electron chi connectivity index (χ3n) is 5.80. The Morgan fingerprint density at radius 2 is 1.63 bits per heavy atom. The lowest BCUT2D eigenvalue weighted by molar-refractivity contribution is -0.137. The van der Waals surface area contributed by atoms with Crippen LogP contribution in [0.4, 0.5) is 14.5 Å². The minimum absolute atomic E-state index is 0.0479. The molecule has 0 radical (unpaired) electrons. The van der Waals surface area contributed by atoms with E-state index in [9.17, 15) is 18.4 Å². The van der Waals surface area contributed by atoms with Gasteiger partial charge < -0.3 is 15.2 Å². The Balaban J connectivity index is 1.67. The van der Waals surface area contributed by atoms with Gasteiger partial charge in [0.2, 0.25) is 0 Å². The molecule has 0 fully saturated rings. The molecule has 3 aromatic carbocycles. The Morgan fingerprint density at radius 3 is 2.21 bits per heavy atom. The van der Waals surface area contributed by atoms with Crippen LogP contribution in [-0.4, -0.2) is 29.5 Å². The van der Waals surface area contributed by atoms with Gasteiger partial charge in [-0.15, -0.1) is 0 Å². The van der Waals surface area contributed by atoms with Crippen molar-refractivity contribution in [2.75, 3.05) is 11.9 Å². The predicted octanol–water partition coefficient (Wildman–Crippen LogP) is 8.28. The largest absolute Gasteiger partial charge is 0.491 e. The number of hydrogen-bond donors (Lipinski definition) is 2. The third-order valence-corrected chi connectivity index (χ3v) is 6.34. The van der Waals surface area contributed by atoms with Gasteiger partial charge in [0.1, 0.15) is 24.0 Å². The fourth-order valence-corrected chi connectivity index (χ4v) is 4.55. The molecule has 0 aliphatic heterocycles. The van der Waals surface area contributed by atoms with E-state index >= 15 is 0 Å². The first kappa shape index (κ1) is 29.4. The number of carbonyl (C=O) groups is 2. The van der Waals surface area contributed by atoms with Crippen molar-refractivity contribution in [3.05, 3.63) is 81.8 Å². The van der Waals surface area contributed by atoms with Crippen molar-refractivity contribution in [2.24, 2.45) is 5.92 Å². The number of carboxylic acids is 1. The molecule has 0 aliphatic rings. The zero-order valence-electron chi connectivity index (χ0n) is 21.1. The molecule has 1 atom stereocenters. The Bertz CT molecular complexity index is 1260. The average molecular weight is 564 g/mol. The normalized spacial score (nSPS) is 11.9. The number of nitrogens with one attached hydrogen (secondary N) is 1. The Morgan fingerprint density at radius 1 is 0.974 bits per heavy atom. The first-order chi connectivity index (χ1) is 18.0. The summed E-state index contributed by atoms with van der Waals surface area (Å²) >= 11 is 12.0. The average Bonchev–Trinajstić information content (AvgIpc) is 2.83. The molecule has 0 aromatic heterocycles. The maximum atomic E-state index is 14.9. The van der Waals surface area contributed by atoms with Crippen LogP contribution in [-0.2, 0) is 4.79 Å². The van der Waals surface area contributed by atoms with Crippen molar-refractivity contribution < 1.29 is 28.2 Å². The van der Waals surface area contributed by atoms with Crippen LogP contribution in [0.25, 0.3) is 11.1 Å². The zero-order valence-corrected chi connectivity index (χ0v) is 22.6.